The molecule has 0 radical (unpaired) electrons. The molecule has 1 aliphatic carbocycles. The Hall–Kier alpha value is -0.590. The summed E-state index contributed by atoms with van der Waals surface area (Å²) < 4.78 is 0. The van der Waals surface area contributed by atoms with Crippen molar-refractivity contribution < 1.29 is 4.79 Å². The van der Waals surface area contributed by atoms with E-state index in [9.17, 15) is 4.79 Å². The molecule has 1 saturated carbocycles. The fourth-order valence-electron chi connectivity index (χ4n) is 1.87. The van der Waals surface area contributed by atoms with Crippen LogP contribution in [0, 0.1) is 5.92 Å². The van der Waals surface area contributed by atoms with Gasteiger partial charge >= 0.3 is 0 Å². The minimum absolute atomic E-state index is 0.392. The first-order valence-corrected chi connectivity index (χ1v) is 5.48. The summed E-state index contributed by atoms with van der Waals surface area (Å²) in [5.41, 5.74) is 1.10. The zero-order valence-corrected chi connectivity index (χ0v) is 8.81. The van der Waals surface area contributed by atoms with E-state index in [1.165, 1.54) is 19.3 Å². The van der Waals surface area contributed by atoms with Crippen LogP contribution in [0.2, 0.25) is 0 Å². The number of hydrogen-bond donors (Lipinski definition) is 0. The summed E-state index contributed by atoms with van der Waals surface area (Å²) in [5, 5.41) is 0. The SMILES string of the molecule is CCCCC(C)C=C1CCCC1=O. The van der Waals surface area contributed by atoms with Gasteiger partial charge in [0.25, 0.3) is 0 Å². The number of ketones is 1. The fourth-order valence-corrected chi connectivity index (χ4v) is 1.87. The molecule has 1 atom stereocenters. The molecule has 1 heteroatoms. The summed E-state index contributed by atoms with van der Waals surface area (Å²) >= 11 is 0. The highest BCUT2D eigenvalue weighted by molar-refractivity contribution is 5.97. The Balaban J connectivity index is 2.39. The van der Waals surface area contributed by atoms with Crippen LogP contribution in [-0.4, -0.2) is 5.78 Å². The van der Waals surface area contributed by atoms with Gasteiger partial charge in [-0.25, -0.2) is 0 Å². The number of unbranched alkanes of at least 4 members (excludes halogenated alkanes) is 1. The lowest BCUT2D eigenvalue weighted by molar-refractivity contribution is -0.114. The first-order chi connectivity index (χ1) is 6.24. The van der Waals surface area contributed by atoms with Crippen molar-refractivity contribution in [3.8, 4) is 0 Å². The number of carbonyl (C=O) groups excluding carboxylic acids is 1. The Morgan fingerprint density at radius 1 is 1.46 bits per heavy atom. The van der Waals surface area contributed by atoms with Crippen molar-refractivity contribution in [2.45, 2.75) is 52.4 Å². The highest BCUT2D eigenvalue weighted by atomic mass is 16.1. The molecule has 1 rings (SSSR count). The number of carbonyl (C=O) groups is 1. The number of rotatable bonds is 4. The summed E-state index contributed by atoms with van der Waals surface area (Å²) in [6.07, 6.45) is 8.84. The monoisotopic (exact) mass is 180 g/mol. The normalized spacial score (nSPS) is 22.6. The highest BCUT2D eigenvalue weighted by Crippen LogP contribution is 2.23. The van der Waals surface area contributed by atoms with E-state index in [0.29, 0.717) is 11.7 Å². The second kappa shape index (κ2) is 5.21. The van der Waals surface area contributed by atoms with Crippen molar-refractivity contribution in [2.75, 3.05) is 0 Å². The zero-order chi connectivity index (χ0) is 9.68. The van der Waals surface area contributed by atoms with Gasteiger partial charge in [0, 0.05) is 6.42 Å². The highest BCUT2D eigenvalue weighted by Gasteiger charge is 2.17. The third-order valence-corrected chi connectivity index (χ3v) is 2.71. The molecule has 1 unspecified atom stereocenters. The molecule has 0 aromatic rings. The van der Waals surface area contributed by atoms with E-state index in [2.05, 4.69) is 19.9 Å². The molecule has 0 aromatic heterocycles. The maximum Gasteiger partial charge on any atom is 0.158 e. The van der Waals surface area contributed by atoms with Crippen molar-refractivity contribution in [1.82, 2.24) is 0 Å². The molecule has 1 fully saturated rings. The summed E-state index contributed by atoms with van der Waals surface area (Å²) in [5.74, 6) is 0.986. The van der Waals surface area contributed by atoms with Crippen LogP contribution in [-0.2, 0) is 4.79 Å². The summed E-state index contributed by atoms with van der Waals surface area (Å²) in [6, 6.07) is 0. The first kappa shape index (κ1) is 10.5. The Bertz CT molecular complexity index is 203. The minimum Gasteiger partial charge on any atom is -0.295 e. The van der Waals surface area contributed by atoms with Crippen LogP contribution in [0.4, 0.5) is 0 Å². The maximum absolute atomic E-state index is 11.3. The number of Topliss-reactive ketones (excluding diaryl/α,β-unsaturated/α-hetero) is 1. The second-order valence-electron chi connectivity index (χ2n) is 4.09. The van der Waals surface area contributed by atoms with Crippen molar-refractivity contribution in [1.29, 1.82) is 0 Å². The van der Waals surface area contributed by atoms with Crippen molar-refractivity contribution >= 4 is 5.78 Å². The third-order valence-electron chi connectivity index (χ3n) is 2.71. The van der Waals surface area contributed by atoms with Gasteiger partial charge in [-0.05, 0) is 30.8 Å². The van der Waals surface area contributed by atoms with Crippen molar-refractivity contribution in [3.63, 3.8) is 0 Å². The molecule has 0 bridgehead atoms. The number of allylic oxidation sites excluding steroid dienone is 2. The molecule has 1 aliphatic rings. The number of hydrogen-bond acceptors (Lipinski definition) is 1. The standard InChI is InChI=1S/C12H20O/c1-3-4-6-10(2)9-11-7-5-8-12(11)13/h9-10H,3-8H2,1-2H3. The van der Waals surface area contributed by atoms with Gasteiger partial charge in [0.2, 0.25) is 0 Å². The Morgan fingerprint density at radius 3 is 2.77 bits per heavy atom. The van der Waals surface area contributed by atoms with Gasteiger partial charge in [-0.15, -0.1) is 0 Å². The van der Waals surface area contributed by atoms with Crippen LogP contribution in [0.1, 0.15) is 52.4 Å². The van der Waals surface area contributed by atoms with Crippen molar-refractivity contribution in [2.24, 2.45) is 5.92 Å². The van der Waals surface area contributed by atoms with Crippen LogP contribution in [0.25, 0.3) is 0 Å². The molecule has 13 heavy (non-hydrogen) atoms. The summed E-state index contributed by atoms with van der Waals surface area (Å²) in [4.78, 5) is 11.3. The molecular formula is C12H20O. The summed E-state index contributed by atoms with van der Waals surface area (Å²) in [6.45, 7) is 4.43. The van der Waals surface area contributed by atoms with Crippen LogP contribution in [0.15, 0.2) is 11.6 Å². The first-order valence-electron chi connectivity index (χ1n) is 5.48. The lowest BCUT2D eigenvalue weighted by Crippen LogP contribution is -1.96. The van der Waals surface area contributed by atoms with Gasteiger partial charge in [-0.2, -0.15) is 0 Å². The second-order valence-corrected chi connectivity index (χ2v) is 4.09. The molecule has 0 aromatic carbocycles. The largest absolute Gasteiger partial charge is 0.295 e. The fraction of sp³-hybridized carbons (Fsp3) is 0.750. The summed E-state index contributed by atoms with van der Waals surface area (Å²) in [7, 11) is 0. The van der Waals surface area contributed by atoms with E-state index >= 15 is 0 Å². The average Bonchev–Trinajstić information content (AvgIpc) is 2.48. The molecule has 0 amide bonds. The smallest absolute Gasteiger partial charge is 0.158 e. The van der Waals surface area contributed by atoms with Gasteiger partial charge in [0.1, 0.15) is 0 Å². The molecule has 0 spiro atoms. The van der Waals surface area contributed by atoms with Gasteiger partial charge < -0.3 is 0 Å². The third kappa shape index (κ3) is 3.33. The van der Waals surface area contributed by atoms with E-state index in [1.54, 1.807) is 0 Å². The van der Waals surface area contributed by atoms with Crippen LogP contribution >= 0.6 is 0 Å². The van der Waals surface area contributed by atoms with E-state index in [-0.39, 0.29) is 0 Å². The van der Waals surface area contributed by atoms with Gasteiger partial charge in [0.05, 0.1) is 0 Å². The topological polar surface area (TPSA) is 17.1 Å². The predicted octanol–water partition coefficient (Wildman–Crippen LogP) is 3.49. The maximum atomic E-state index is 11.3. The van der Waals surface area contributed by atoms with Gasteiger partial charge in [-0.1, -0.05) is 32.8 Å². The van der Waals surface area contributed by atoms with E-state index in [1.807, 2.05) is 0 Å². The van der Waals surface area contributed by atoms with Crippen LogP contribution in [0.5, 0.6) is 0 Å². The lowest BCUT2D eigenvalue weighted by atomic mass is 10.0. The minimum atomic E-state index is 0.392. The van der Waals surface area contributed by atoms with E-state index < -0.39 is 0 Å². The molecule has 0 N–H and O–H groups in total. The van der Waals surface area contributed by atoms with Crippen molar-refractivity contribution in [3.05, 3.63) is 11.6 Å². The van der Waals surface area contributed by atoms with E-state index in [4.69, 9.17) is 0 Å². The molecule has 74 valence electrons. The van der Waals surface area contributed by atoms with E-state index in [0.717, 1.165) is 24.8 Å². The van der Waals surface area contributed by atoms with Crippen LogP contribution < -0.4 is 0 Å². The zero-order valence-electron chi connectivity index (χ0n) is 8.81. The predicted molar refractivity (Wildman–Crippen MR) is 55.6 cm³/mol. The van der Waals surface area contributed by atoms with Crippen LogP contribution in [0.3, 0.4) is 0 Å². The lowest BCUT2D eigenvalue weighted by Gasteiger charge is -2.05. The average molecular weight is 180 g/mol. The molecule has 0 aliphatic heterocycles. The molecule has 0 saturated heterocycles. The van der Waals surface area contributed by atoms with Gasteiger partial charge in [0.15, 0.2) is 5.78 Å². The molecule has 1 nitrogen and oxygen atoms in total. The van der Waals surface area contributed by atoms with Gasteiger partial charge in [-0.3, -0.25) is 4.79 Å². The Kier molecular flexibility index (Phi) is 4.20. The Labute approximate surface area is 81.2 Å². The quantitative estimate of drug-likeness (QED) is 0.605. The Morgan fingerprint density at radius 2 is 2.23 bits per heavy atom. The molecular weight excluding hydrogens is 160 g/mol. The molecule has 0 heterocycles.